The second-order valence-electron chi connectivity index (χ2n) is 6.07. The minimum absolute atomic E-state index is 0.195. The molecule has 116 valence electrons. The van der Waals surface area contributed by atoms with Gasteiger partial charge in [0.25, 0.3) is 0 Å². The fourth-order valence-corrected chi connectivity index (χ4v) is 2.81. The third kappa shape index (κ3) is 3.94. The van der Waals surface area contributed by atoms with Crippen LogP contribution in [0.2, 0.25) is 0 Å². The molecule has 0 aliphatic carbocycles. The van der Waals surface area contributed by atoms with Gasteiger partial charge in [-0.25, -0.2) is 9.78 Å². The Balaban J connectivity index is 2.27. The Morgan fingerprint density at radius 1 is 1.48 bits per heavy atom. The molecule has 1 aliphatic heterocycles. The number of carboxylic acids is 1. The van der Waals surface area contributed by atoms with Crippen LogP contribution in [-0.2, 0) is 0 Å². The summed E-state index contributed by atoms with van der Waals surface area (Å²) in [5.41, 5.74) is 1.11. The third-order valence-corrected chi connectivity index (χ3v) is 4.05. The van der Waals surface area contributed by atoms with Crippen LogP contribution < -0.4 is 4.90 Å². The number of piperidine rings is 1. The van der Waals surface area contributed by atoms with Gasteiger partial charge in [-0.1, -0.05) is 13.8 Å². The van der Waals surface area contributed by atoms with E-state index in [-0.39, 0.29) is 12.5 Å². The van der Waals surface area contributed by atoms with Crippen molar-refractivity contribution in [2.75, 3.05) is 24.6 Å². The van der Waals surface area contributed by atoms with Crippen molar-refractivity contribution in [1.29, 1.82) is 0 Å². The zero-order chi connectivity index (χ0) is 15.4. The predicted molar refractivity (Wildman–Crippen MR) is 81.9 cm³/mol. The van der Waals surface area contributed by atoms with Gasteiger partial charge in [0.1, 0.15) is 5.82 Å². The predicted octanol–water partition coefficient (Wildman–Crippen LogP) is 2.50. The molecule has 5 heteroatoms. The van der Waals surface area contributed by atoms with Gasteiger partial charge in [0, 0.05) is 25.4 Å². The summed E-state index contributed by atoms with van der Waals surface area (Å²) in [6.07, 6.45) is 2.97. The molecule has 2 N–H and O–H groups in total. The Morgan fingerprint density at radius 2 is 2.24 bits per heavy atom. The van der Waals surface area contributed by atoms with Crippen LogP contribution in [0.4, 0.5) is 5.82 Å². The molecule has 2 heterocycles. The van der Waals surface area contributed by atoms with Gasteiger partial charge in [0.05, 0.1) is 5.56 Å². The topological polar surface area (TPSA) is 73.7 Å². The van der Waals surface area contributed by atoms with Crippen molar-refractivity contribution < 1.29 is 15.0 Å². The molecule has 1 fully saturated rings. The van der Waals surface area contributed by atoms with E-state index in [1.807, 2.05) is 13.8 Å². The van der Waals surface area contributed by atoms with E-state index in [2.05, 4.69) is 9.88 Å². The van der Waals surface area contributed by atoms with Crippen LogP contribution in [0.3, 0.4) is 0 Å². The van der Waals surface area contributed by atoms with Gasteiger partial charge in [-0.2, -0.15) is 0 Å². The van der Waals surface area contributed by atoms with Crippen LogP contribution in [0.25, 0.3) is 0 Å². The molecule has 1 unspecified atom stereocenters. The number of hydrogen-bond donors (Lipinski definition) is 2. The molecular formula is C16H24N2O3. The van der Waals surface area contributed by atoms with Crippen LogP contribution in [0, 0.1) is 5.92 Å². The molecule has 1 atom stereocenters. The maximum Gasteiger partial charge on any atom is 0.335 e. The van der Waals surface area contributed by atoms with Crippen molar-refractivity contribution in [2.45, 2.75) is 39.0 Å². The normalized spacial score (nSPS) is 19.0. The number of hydrogen-bond acceptors (Lipinski definition) is 4. The molecule has 1 aromatic rings. The highest BCUT2D eigenvalue weighted by atomic mass is 16.4. The highest BCUT2D eigenvalue weighted by molar-refractivity contribution is 5.88. The summed E-state index contributed by atoms with van der Waals surface area (Å²) in [6.45, 7) is 5.98. The third-order valence-electron chi connectivity index (χ3n) is 4.05. The maximum atomic E-state index is 11.3. The first-order valence-electron chi connectivity index (χ1n) is 7.62. The number of carboxylic acid groups (broad SMARTS) is 1. The largest absolute Gasteiger partial charge is 0.478 e. The smallest absolute Gasteiger partial charge is 0.335 e. The summed E-state index contributed by atoms with van der Waals surface area (Å²) < 4.78 is 0. The molecule has 1 saturated heterocycles. The lowest BCUT2D eigenvalue weighted by Crippen LogP contribution is -2.36. The van der Waals surface area contributed by atoms with E-state index in [1.54, 1.807) is 12.1 Å². The zero-order valence-corrected chi connectivity index (χ0v) is 12.7. The van der Waals surface area contributed by atoms with E-state index in [9.17, 15) is 9.90 Å². The summed E-state index contributed by atoms with van der Waals surface area (Å²) in [5.74, 6) is 0.494. The molecular weight excluding hydrogens is 268 g/mol. The van der Waals surface area contributed by atoms with E-state index < -0.39 is 5.97 Å². The van der Waals surface area contributed by atoms with Crippen LogP contribution >= 0.6 is 0 Å². The molecule has 0 spiro atoms. The van der Waals surface area contributed by atoms with Crippen molar-refractivity contribution in [2.24, 2.45) is 5.92 Å². The molecule has 0 bridgehead atoms. The zero-order valence-electron chi connectivity index (χ0n) is 12.7. The number of pyridine rings is 1. The van der Waals surface area contributed by atoms with Crippen molar-refractivity contribution in [1.82, 2.24) is 4.98 Å². The lowest BCUT2D eigenvalue weighted by molar-refractivity contribution is 0.0696. The van der Waals surface area contributed by atoms with Crippen molar-refractivity contribution in [3.05, 3.63) is 23.4 Å². The number of aromatic nitrogens is 1. The Labute approximate surface area is 125 Å². The quantitative estimate of drug-likeness (QED) is 0.872. The minimum atomic E-state index is -0.913. The maximum absolute atomic E-state index is 11.3. The SMILES string of the molecule is CC(C)c1cc(C(=O)O)cc(N2CCCC(CCO)C2)n1. The molecule has 0 amide bonds. The summed E-state index contributed by atoms with van der Waals surface area (Å²) in [4.78, 5) is 18.1. The summed E-state index contributed by atoms with van der Waals surface area (Å²) in [5, 5.41) is 18.4. The van der Waals surface area contributed by atoms with Gasteiger partial charge >= 0.3 is 5.97 Å². The monoisotopic (exact) mass is 292 g/mol. The molecule has 0 aromatic carbocycles. The summed E-state index contributed by atoms with van der Waals surface area (Å²) >= 11 is 0. The Kier molecular flexibility index (Phi) is 5.17. The van der Waals surface area contributed by atoms with Crippen LogP contribution in [0.15, 0.2) is 12.1 Å². The number of rotatable bonds is 5. The molecule has 0 radical (unpaired) electrons. The molecule has 0 saturated carbocycles. The summed E-state index contributed by atoms with van der Waals surface area (Å²) in [7, 11) is 0. The molecule has 1 aromatic heterocycles. The second kappa shape index (κ2) is 6.89. The van der Waals surface area contributed by atoms with Gasteiger partial charge in [0.2, 0.25) is 0 Å². The van der Waals surface area contributed by atoms with Gasteiger partial charge in [-0.15, -0.1) is 0 Å². The second-order valence-corrected chi connectivity index (χ2v) is 6.07. The number of aliphatic hydroxyl groups excluding tert-OH is 1. The van der Waals surface area contributed by atoms with Crippen LogP contribution in [0.5, 0.6) is 0 Å². The highest BCUT2D eigenvalue weighted by Crippen LogP contribution is 2.26. The fraction of sp³-hybridized carbons (Fsp3) is 0.625. The average molecular weight is 292 g/mol. The van der Waals surface area contributed by atoms with Gasteiger partial charge < -0.3 is 15.1 Å². The van der Waals surface area contributed by atoms with E-state index in [0.29, 0.717) is 11.5 Å². The van der Waals surface area contributed by atoms with Crippen LogP contribution in [-0.4, -0.2) is 40.9 Å². The Hall–Kier alpha value is -1.62. The Morgan fingerprint density at radius 3 is 2.86 bits per heavy atom. The average Bonchev–Trinajstić information content (AvgIpc) is 2.47. The lowest BCUT2D eigenvalue weighted by atomic mass is 9.95. The first-order chi connectivity index (χ1) is 10.0. The Bertz CT molecular complexity index is 500. The van der Waals surface area contributed by atoms with Crippen molar-refractivity contribution in [3.63, 3.8) is 0 Å². The number of anilines is 1. The van der Waals surface area contributed by atoms with E-state index in [1.165, 1.54) is 0 Å². The number of nitrogens with zero attached hydrogens (tertiary/aromatic N) is 2. The summed E-state index contributed by atoms with van der Waals surface area (Å²) in [6, 6.07) is 3.32. The van der Waals surface area contributed by atoms with E-state index in [4.69, 9.17) is 5.11 Å². The van der Waals surface area contributed by atoms with Crippen molar-refractivity contribution >= 4 is 11.8 Å². The molecule has 1 aliphatic rings. The number of carbonyl (C=O) groups is 1. The van der Waals surface area contributed by atoms with Gasteiger partial charge in [-0.3, -0.25) is 0 Å². The van der Waals surface area contributed by atoms with Gasteiger partial charge in [-0.05, 0) is 43.2 Å². The number of aliphatic hydroxyl groups is 1. The molecule has 2 rings (SSSR count). The molecule has 5 nitrogen and oxygen atoms in total. The van der Waals surface area contributed by atoms with Crippen LogP contribution in [0.1, 0.15) is 55.1 Å². The van der Waals surface area contributed by atoms with E-state index >= 15 is 0 Å². The van der Waals surface area contributed by atoms with Gasteiger partial charge in [0.15, 0.2) is 0 Å². The minimum Gasteiger partial charge on any atom is -0.478 e. The fourth-order valence-electron chi connectivity index (χ4n) is 2.81. The lowest BCUT2D eigenvalue weighted by Gasteiger charge is -2.34. The first kappa shape index (κ1) is 15.8. The highest BCUT2D eigenvalue weighted by Gasteiger charge is 2.22. The van der Waals surface area contributed by atoms with Crippen molar-refractivity contribution in [3.8, 4) is 0 Å². The first-order valence-corrected chi connectivity index (χ1v) is 7.62. The van der Waals surface area contributed by atoms with E-state index in [0.717, 1.165) is 43.9 Å². The number of aromatic carboxylic acids is 1. The molecule has 21 heavy (non-hydrogen) atoms. The standard InChI is InChI=1S/C16H24N2O3/c1-11(2)14-8-13(16(20)21)9-15(17-14)18-6-3-4-12(10-18)5-7-19/h8-9,11-12,19H,3-7,10H2,1-2H3,(H,20,21).